The molecule has 0 atom stereocenters. The van der Waals surface area contributed by atoms with Crippen LogP contribution in [0.15, 0.2) is 12.7 Å². The number of carbonyl (C=O) groups excluding carboxylic acids is 2. The standard InChI is InChI=1S/C15H26N2O3/c1-5-6-9-17(14(19)20-15(2,3)4)12-13(18)16-10-7-8-11-16/h5H,1,6-12H2,2-4H3. The first-order valence-corrected chi connectivity index (χ1v) is 7.20. The summed E-state index contributed by atoms with van der Waals surface area (Å²) < 4.78 is 5.34. The summed E-state index contributed by atoms with van der Waals surface area (Å²) in [5, 5.41) is 0. The van der Waals surface area contributed by atoms with E-state index in [0.717, 1.165) is 25.9 Å². The molecule has 114 valence electrons. The molecule has 0 N–H and O–H groups in total. The summed E-state index contributed by atoms with van der Waals surface area (Å²) >= 11 is 0. The van der Waals surface area contributed by atoms with Crippen molar-refractivity contribution in [3.05, 3.63) is 12.7 Å². The maximum Gasteiger partial charge on any atom is 0.410 e. The Morgan fingerprint density at radius 1 is 1.30 bits per heavy atom. The van der Waals surface area contributed by atoms with Crippen LogP contribution in [-0.4, -0.2) is 53.6 Å². The number of hydrogen-bond acceptors (Lipinski definition) is 3. The molecule has 1 rings (SSSR count). The van der Waals surface area contributed by atoms with Gasteiger partial charge in [0, 0.05) is 19.6 Å². The van der Waals surface area contributed by atoms with Crippen LogP contribution in [0.3, 0.4) is 0 Å². The summed E-state index contributed by atoms with van der Waals surface area (Å²) in [5.74, 6) is -0.00239. The van der Waals surface area contributed by atoms with Crippen molar-refractivity contribution >= 4 is 12.0 Å². The number of likely N-dealkylation sites (tertiary alicyclic amines) is 1. The van der Waals surface area contributed by atoms with E-state index in [0.29, 0.717) is 13.0 Å². The summed E-state index contributed by atoms with van der Waals surface area (Å²) in [7, 11) is 0. The molecule has 1 saturated heterocycles. The molecular weight excluding hydrogens is 256 g/mol. The van der Waals surface area contributed by atoms with Gasteiger partial charge in [-0.25, -0.2) is 4.79 Å². The fraction of sp³-hybridized carbons (Fsp3) is 0.733. The van der Waals surface area contributed by atoms with Gasteiger partial charge in [-0.15, -0.1) is 6.58 Å². The fourth-order valence-electron chi connectivity index (χ4n) is 2.04. The predicted octanol–water partition coefficient (Wildman–Crippen LogP) is 2.42. The van der Waals surface area contributed by atoms with E-state index in [1.165, 1.54) is 4.90 Å². The average molecular weight is 282 g/mol. The van der Waals surface area contributed by atoms with Gasteiger partial charge in [0.1, 0.15) is 12.1 Å². The molecular formula is C15H26N2O3. The normalized spacial score (nSPS) is 15.1. The number of carbonyl (C=O) groups is 2. The van der Waals surface area contributed by atoms with Crippen molar-refractivity contribution in [2.45, 2.75) is 45.6 Å². The molecule has 1 heterocycles. The molecule has 5 heteroatoms. The zero-order chi connectivity index (χ0) is 15.2. The van der Waals surface area contributed by atoms with E-state index in [9.17, 15) is 9.59 Å². The van der Waals surface area contributed by atoms with Crippen LogP contribution in [0.2, 0.25) is 0 Å². The van der Waals surface area contributed by atoms with E-state index in [-0.39, 0.29) is 12.5 Å². The highest BCUT2D eigenvalue weighted by Gasteiger charge is 2.26. The van der Waals surface area contributed by atoms with E-state index in [1.807, 2.05) is 25.7 Å². The molecule has 0 radical (unpaired) electrons. The zero-order valence-corrected chi connectivity index (χ0v) is 12.9. The largest absolute Gasteiger partial charge is 0.444 e. The van der Waals surface area contributed by atoms with E-state index in [4.69, 9.17) is 4.74 Å². The maximum atomic E-state index is 12.1. The molecule has 0 spiro atoms. The van der Waals surface area contributed by atoms with Crippen LogP contribution in [0.4, 0.5) is 4.79 Å². The predicted molar refractivity (Wildman–Crippen MR) is 78.4 cm³/mol. The van der Waals surface area contributed by atoms with Crippen molar-refractivity contribution in [1.29, 1.82) is 0 Å². The minimum Gasteiger partial charge on any atom is -0.444 e. The highest BCUT2D eigenvalue weighted by molar-refractivity contribution is 5.82. The number of ether oxygens (including phenoxy) is 1. The van der Waals surface area contributed by atoms with Gasteiger partial charge in [-0.3, -0.25) is 9.69 Å². The quantitative estimate of drug-likeness (QED) is 0.728. The van der Waals surface area contributed by atoms with Gasteiger partial charge in [-0.1, -0.05) is 6.08 Å². The van der Waals surface area contributed by atoms with Crippen LogP contribution in [0, 0.1) is 0 Å². The third-order valence-electron chi connectivity index (χ3n) is 3.04. The van der Waals surface area contributed by atoms with Crippen LogP contribution in [0.1, 0.15) is 40.0 Å². The second-order valence-electron chi connectivity index (χ2n) is 6.07. The molecule has 0 aromatic carbocycles. The molecule has 0 aliphatic carbocycles. The molecule has 0 unspecified atom stereocenters. The lowest BCUT2D eigenvalue weighted by atomic mass is 10.2. The molecule has 5 nitrogen and oxygen atoms in total. The van der Waals surface area contributed by atoms with E-state index < -0.39 is 11.7 Å². The highest BCUT2D eigenvalue weighted by Crippen LogP contribution is 2.12. The van der Waals surface area contributed by atoms with Crippen LogP contribution < -0.4 is 0 Å². The van der Waals surface area contributed by atoms with Gasteiger partial charge in [-0.05, 0) is 40.0 Å². The number of rotatable bonds is 5. The van der Waals surface area contributed by atoms with E-state index in [1.54, 1.807) is 6.08 Å². The van der Waals surface area contributed by atoms with Gasteiger partial charge in [0.25, 0.3) is 0 Å². The van der Waals surface area contributed by atoms with E-state index in [2.05, 4.69) is 6.58 Å². The van der Waals surface area contributed by atoms with Crippen LogP contribution in [-0.2, 0) is 9.53 Å². The summed E-state index contributed by atoms with van der Waals surface area (Å²) in [6.45, 7) is 11.2. The smallest absolute Gasteiger partial charge is 0.410 e. The zero-order valence-electron chi connectivity index (χ0n) is 12.9. The van der Waals surface area contributed by atoms with E-state index >= 15 is 0 Å². The Morgan fingerprint density at radius 2 is 1.90 bits per heavy atom. The Balaban J connectivity index is 2.60. The van der Waals surface area contributed by atoms with Crippen molar-refractivity contribution in [2.24, 2.45) is 0 Å². The Labute approximate surface area is 121 Å². The van der Waals surface area contributed by atoms with Crippen LogP contribution in [0.5, 0.6) is 0 Å². The number of hydrogen-bond donors (Lipinski definition) is 0. The lowest BCUT2D eigenvalue weighted by Gasteiger charge is -2.28. The van der Waals surface area contributed by atoms with Crippen molar-refractivity contribution < 1.29 is 14.3 Å². The summed E-state index contributed by atoms with van der Waals surface area (Å²) in [6, 6.07) is 0. The monoisotopic (exact) mass is 282 g/mol. The average Bonchev–Trinajstić information content (AvgIpc) is 2.85. The van der Waals surface area contributed by atoms with Crippen molar-refractivity contribution in [3.8, 4) is 0 Å². The molecule has 1 fully saturated rings. The first-order chi connectivity index (χ1) is 9.33. The first kappa shape index (κ1) is 16.5. The van der Waals surface area contributed by atoms with Crippen LogP contribution in [0.25, 0.3) is 0 Å². The Kier molecular flexibility index (Phi) is 6.05. The van der Waals surface area contributed by atoms with Gasteiger partial charge < -0.3 is 9.64 Å². The molecule has 0 saturated carbocycles. The molecule has 1 aliphatic heterocycles. The Morgan fingerprint density at radius 3 is 2.40 bits per heavy atom. The summed E-state index contributed by atoms with van der Waals surface area (Å²) in [4.78, 5) is 27.5. The Hall–Kier alpha value is -1.52. The SMILES string of the molecule is C=CCCN(CC(=O)N1CCCC1)C(=O)OC(C)(C)C. The van der Waals surface area contributed by atoms with Gasteiger partial charge in [-0.2, -0.15) is 0 Å². The highest BCUT2D eigenvalue weighted by atomic mass is 16.6. The molecule has 0 bridgehead atoms. The third kappa shape index (κ3) is 5.63. The first-order valence-electron chi connectivity index (χ1n) is 7.20. The minimum absolute atomic E-state index is 0.00239. The minimum atomic E-state index is -0.555. The van der Waals surface area contributed by atoms with Crippen LogP contribution >= 0.6 is 0 Å². The Bertz CT molecular complexity index is 355. The van der Waals surface area contributed by atoms with Crippen molar-refractivity contribution in [2.75, 3.05) is 26.2 Å². The summed E-state index contributed by atoms with van der Waals surface area (Å²) in [5.41, 5.74) is -0.555. The third-order valence-corrected chi connectivity index (χ3v) is 3.04. The topological polar surface area (TPSA) is 49.9 Å². The molecule has 1 aliphatic rings. The maximum absolute atomic E-state index is 12.1. The lowest BCUT2D eigenvalue weighted by Crippen LogP contribution is -2.44. The lowest BCUT2D eigenvalue weighted by molar-refractivity contribution is -0.131. The second kappa shape index (κ2) is 7.31. The molecule has 0 aromatic rings. The van der Waals surface area contributed by atoms with Gasteiger partial charge in [0.2, 0.25) is 5.91 Å². The second-order valence-corrected chi connectivity index (χ2v) is 6.07. The van der Waals surface area contributed by atoms with Gasteiger partial charge in [0.05, 0.1) is 0 Å². The molecule has 20 heavy (non-hydrogen) atoms. The van der Waals surface area contributed by atoms with Crippen molar-refractivity contribution in [1.82, 2.24) is 9.80 Å². The summed E-state index contributed by atoms with van der Waals surface area (Å²) in [6.07, 6.45) is 4.03. The van der Waals surface area contributed by atoms with Gasteiger partial charge in [0.15, 0.2) is 0 Å². The number of amides is 2. The van der Waals surface area contributed by atoms with Gasteiger partial charge >= 0.3 is 6.09 Å². The molecule has 2 amide bonds. The fourth-order valence-corrected chi connectivity index (χ4v) is 2.04. The van der Waals surface area contributed by atoms with Crippen molar-refractivity contribution in [3.63, 3.8) is 0 Å². The molecule has 0 aromatic heterocycles. The number of nitrogens with zero attached hydrogens (tertiary/aromatic N) is 2.